The minimum atomic E-state index is -0.514. The first-order valence-corrected chi connectivity index (χ1v) is 7.46. The van der Waals surface area contributed by atoms with Crippen molar-refractivity contribution in [1.29, 1.82) is 0 Å². The molecule has 2 rings (SSSR count). The number of nitrogens with one attached hydrogen (secondary N) is 1. The Morgan fingerprint density at radius 1 is 1.35 bits per heavy atom. The molecule has 0 aliphatic heterocycles. The van der Waals surface area contributed by atoms with Gasteiger partial charge in [0.2, 0.25) is 5.91 Å². The largest absolute Gasteiger partial charge is 0.496 e. The zero-order valence-corrected chi connectivity index (χ0v) is 13.6. The fourth-order valence-electron chi connectivity index (χ4n) is 2.53. The van der Waals surface area contributed by atoms with Gasteiger partial charge >= 0.3 is 5.63 Å². The van der Waals surface area contributed by atoms with Crippen molar-refractivity contribution in [1.82, 2.24) is 5.32 Å². The number of rotatable bonds is 6. The Bertz CT molecular complexity index is 779. The molecular weight excluding hydrogens is 298 g/mol. The van der Waals surface area contributed by atoms with Gasteiger partial charge in [-0.3, -0.25) is 4.79 Å². The average Bonchev–Trinajstić information content (AvgIpc) is 2.50. The third-order valence-electron chi connectivity index (χ3n) is 3.70. The van der Waals surface area contributed by atoms with Gasteiger partial charge in [0, 0.05) is 13.2 Å². The number of ether oxygens (including phenoxy) is 1. The molecule has 0 unspecified atom stereocenters. The Morgan fingerprint density at radius 3 is 2.74 bits per heavy atom. The summed E-state index contributed by atoms with van der Waals surface area (Å²) in [7, 11) is 1.56. The highest BCUT2D eigenvalue weighted by atomic mass is 16.5. The third-order valence-corrected chi connectivity index (χ3v) is 3.70. The quantitative estimate of drug-likeness (QED) is 0.621. The number of carbonyl (C=O) groups is 1. The monoisotopic (exact) mass is 319 g/mol. The number of benzene rings is 1. The molecule has 6 heteroatoms. The van der Waals surface area contributed by atoms with Crippen LogP contribution in [-0.4, -0.2) is 31.3 Å². The van der Waals surface area contributed by atoms with Crippen LogP contribution in [-0.2, 0) is 11.2 Å². The molecule has 0 radical (unpaired) electrons. The molecule has 0 spiro atoms. The summed E-state index contributed by atoms with van der Waals surface area (Å²) in [6, 6.07) is 3.64. The van der Waals surface area contributed by atoms with E-state index in [1.807, 2.05) is 13.0 Å². The first-order valence-electron chi connectivity index (χ1n) is 7.46. The lowest BCUT2D eigenvalue weighted by Crippen LogP contribution is -2.29. The Labute approximate surface area is 134 Å². The molecule has 0 bridgehead atoms. The van der Waals surface area contributed by atoms with Crippen LogP contribution in [0.1, 0.15) is 23.1 Å². The lowest BCUT2D eigenvalue weighted by molar-refractivity contribution is -0.120. The number of aryl methyl sites for hydroxylation is 2. The standard InChI is InChI=1S/C17H21NO5/c1-10-7-13(22-3)16-11(2)12(17(21)23-14(16)8-10)9-15(20)18-5-4-6-19/h7-8,19H,4-6,9H2,1-3H3,(H,18,20). The maximum Gasteiger partial charge on any atom is 0.340 e. The molecule has 1 aromatic carbocycles. The lowest BCUT2D eigenvalue weighted by Gasteiger charge is -2.12. The highest BCUT2D eigenvalue weighted by Gasteiger charge is 2.17. The second-order valence-corrected chi connectivity index (χ2v) is 5.44. The molecule has 0 atom stereocenters. The van der Waals surface area contributed by atoms with E-state index in [1.54, 1.807) is 20.1 Å². The molecule has 2 N–H and O–H groups in total. The van der Waals surface area contributed by atoms with Gasteiger partial charge < -0.3 is 19.6 Å². The van der Waals surface area contributed by atoms with Crippen LogP contribution < -0.4 is 15.7 Å². The number of aliphatic hydroxyl groups excluding tert-OH is 1. The number of hydrogen-bond donors (Lipinski definition) is 2. The molecule has 0 aliphatic carbocycles. The summed E-state index contributed by atoms with van der Waals surface area (Å²) in [4.78, 5) is 24.1. The van der Waals surface area contributed by atoms with Crippen molar-refractivity contribution >= 4 is 16.9 Å². The van der Waals surface area contributed by atoms with Crippen LogP contribution in [0.2, 0.25) is 0 Å². The first-order chi connectivity index (χ1) is 11.0. The minimum Gasteiger partial charge on any atom is -0.496 e. The van der Waals surface area contributed by atoms with E-state index in [4.69, 9.17) is 14.3 Å². The van der Waals surface area contributed by atoms with Gasteiger partial charge in [-0.05, 0) is 43.5 Å². The Kier molecular flexibility index (Phi) is 5.39. The van der Waals surface area contributed by atoms with Crippen LogP contribution in [0.3, 0.4) is 0 Å². The van der Waals surface area contributed by atoms with E-state index in [2.05, 4.69) is 5.32 Å². The van der Waals surface area contributed by atoms with Gasteiger partial charge in [-0.25, -0.2) is 4.79 Å². The summed E-state index contributed by atoms with van der Waals surface area (Å²) in [6.07, 6.45) is 0.413. The molecule has 0 fully saturated rings. The molecule has 0 saturated carbocycles. The van der Waals surface area contributed by atoms with Crippen molar-refractivity contribution in [2.45, 2.75) is 26.7 Å². The summed E-state index contributed by atoms with van der Waals surface area (Å²) < 4.78 is 10.7. The van der Waals surface area contributed by atoms with Crippen molar-refractivity contribution < 1.29 is 19.1 Å². The molecule has 2 aromatic rings. The van der Waals surface area contributed by atoms with Crippen LogP contribution >= 0.6 is 0 Å². The minimum absolute atomic E-state index is 0.00791. The Balaban J connectivity index is 2.43. The lowest BCUT2D eigenvalue weighted by atomic mass is 10.0. The normalized spacial score (nSPS) is 10.8. The average molecular weight is 319 g/mol. The zero-order chi connectivity index (χ0) is 17.0. The Morgan fingerprint density at radius 2 is 2.09 bits per heavy atom. The van der Waals surface area contributed by atoms with Gasteiger partial charge in [-0.1, -0.05) is 0 Å². The van der Waals surface area contributed by atoms with E-state index in [0.717, 1.165) is 5.56 Å². The maximum atomic E-state index is 12.2. The van der Waals surface area contributed by atoms with Crippen molar-refractivity contribution in [2.75, 3.05) is 20.3 Å². The van der Waals surface area contributed by atoms with Crippen molar-refractivity contribution in [3.63, 3.8) is 0 Å². The van der Waals surface area contributed by atoms with Crippen LogP contribution in [0.15, 0.2) is 21.3 Å². The van der Waals surface area contributed by atoms with Crippen molar-refractivity contribution in [2.24, 2.45) is 0 Å². The van der Waals surface area contributed by atoms with E-state index in [-0.39, 0.29) is 18.9 Å². The fraction of sp³-hybridized carbons (Fsp3) is 0.412. The molecular formula is C17H21NO5. The predicted octanol–water partition coefficient (Wildman–Crippen LogP) is 1.46. The molecule has 1 heterocycles. The SMILES string of the molecule is COc1cc(C)cc2oc(=O)c(CC(=O)NCCCO)c(C)c12. The van der Waals surface area contributed by atoms with E-state index < -0.39 is 5.63 Å². The van der Waals surface area contributed by atoms with E-state index in [1.165, 1.54) is 0 Å². The topological polar surface area (TPSA) is 88.8 Å². The smallest absolute Gasteiger partial charge is 0.340 e. The second-order valence-electron chi connectivity index (χ2n) is 5.44. The van der Waals surface area contributed by atoms with Crippen LogP contribution in [0.5, 0.6) is 5.75 Å². The number of hydrogen-bond acceptors (Lipinski definition) is 5. The molecule has 6 nitrogen and oxygen atoms in total. The summed E-state index contributed by atoms with van der Waals surface area (Å²) in [5.74, 6) is 0.336. The number of carbonyl (C=O) groups excluding carboxylic acids is 1. The molecule has 1 amide bonds. The van der Waals surface area contributed by atoms with E-state index in [9.17, 15) is 9.59 Å². The fourth-order valence-corrected chi connectivity index (χ4v) is 2.53. The molecule has 0 aliphatic rings. The van der Waals surface area contributed by atoms with Gasteiger partial charge in [0.15, 0.2) is 0 Å². The third kappa shape index (κ3) is 3.71. The highest BCUT2D eigenvalue weighted by Crippen LogP contribution is 2.30. The van der Waals surface area contributed by atoms with Gasteiger partial charge in [-0.2, -0.15) is 0 Å². The van der Waals surface area contributed by atoms with Crippen molar-refractivity contribution in [3.05, 3.63) is 39.2 Å². The number of fused-ring (bicyclic) bond motifs is 1. The van der Waals surface area contributed by atoms with Gasteiger partial charge in [0.25, 0.3) is 0 Å². The summed E-state index contributed by atoms with van der Waals surface area (Å²) in [6.45, 7) is 4.05. The van der Waals surface area contributed by atoms with Crippen LogP contribution in [0.25, 0.3) is 11.0 Å². The van der Waals surface area contributed by atoms with Crippen molar-refractivity contribution in [3.8, 4) is 5.75 Å². The molecule has 124 valence electrons. The molecule has 23 heavy (non-hydrogen) atoms. The zero-order valence-electron chi connectivity index (χ0n) is 13.6. The summed E-state index contributed by atoms with van der Waals surface area (Å²) in [5, 5.41) is 12.1. The number of aliphatic hydroxyl groups is 1. The summed E-state index contributed by atoms with van der Waals surface area (Å²) in [5.41, 5.74) is 1.87. The summed E-state index contributed by atoms with van der Waals surface area (Å²) >= 11 is 0. The maximum absolute atomic E-state index is 12.2. The van der Waals surface area contributed by atoms with Gasteiger partial charge in [-0.15, -0.1) is 0 Å². The molecule has 0 saturated heterocycles. The highest BCUT2D eigenvalue weighted by molar-refractivity contribution is 5.89. The first kappa shape index (κ1) is 17.0. The molecule has 1 aromatic heterocycles. The van der Waals surface area contributed by atoms with Crippen LogP contribution in [0, 0.1) is 13.8 Å². The van der Waals surface area contributed by atoms with E-state index >= 15 is 0 Å². The second kappa shape index (κ2) is 7.28. The number of amides is 1. The Hall–Kier alpha value is -2.34. The number of methoxy groups -OCH3 is 1. The van der Waals surface area contributed by atoms with E-state index in [0.29, 0.717) is 40.8 Å². The van der Waals surface area contributed by atoms with Crippen LogP contribution in [0.4, 0.5) is 0 Å². The van der Waals surface area contributed by atoms with Gasteiger partial charge in [0.1, 0.15) is 11.3 Å². The predicted molar refractivity (Wildman–Crippen MR) is 86.9 cm³/mol. The van der Waals surface area contributed by atoms with Gasteiger partial charge in [0.05, 0.1) is 24.5 Å².